The number of ether oxygens (including phenoxy) is 1. The normalized spacial score (nSPS) is 14.1. The van der Waals surface area contributed by atoms with Gasteiger partial charge in [-0.3, -0.25) is 14.4 Å². The highest BCUT2D eigenvalue weighted by Crippen LogP contribution is 2.23. The molecule has 3 rings (SSSR count). The molecule has 0 aliphatic carbocycles. The van der Waals surface area contributed by atoms with Gasteiger partial charge < -0.3 is 20.3 Å². The highest BCUT2D eigenvalue weighted by Gasteiger charge is 2.24. The van der Waals surface area contributed by atoms with Gasteiger partial charge in [0.25, 0.3) is 5.91 Å². The molecule has 2 N–H and O–H groups in total. The predicted octanol–water partition coefficient (Wildman–Crippen LogP) is 3.02. The lowest BCUT2D eigenvalue weighted by molar-refractivity contribution is -0.136. The van der Waals surface area contributed by atoms with Crippen LogP contribution >= 0.6 is 11.6 Å². The largest absolute Gasteiger partial charge is 0.484 e. The van der Waals surface area contributed by atoms with Crippen LogP contribution in [0.25, 0.3) is 0 Å². The summed E-state index contributed by atoms with van der Waals surface area (Å²) in [5.41, 5.74) is 1.22. The third-order valence-corrected chi connectivity index (χ3v) is 5.76. The van der Waals surface area contributed by atoms with E-state index in [1.807, 2.05) is 30.3 Å². The van der Waals surface area contributed by atoms with Crippen molar-refractivity contribution in [2.24, 2.45) is 5.92 Å². The maximum Gasteiger partial charge on any atom is 0.313 e. The van der Waals surface area contributed by atoms with Crippen molar-refractivity contribution in [2.75, 3.05) is 31.6 Å². The van der Waals surface area contributed by atoms with E-state index in [1.54, 1.807) is 30.0 Å². The molecule has 1 saturated heterocycles. The van der Waals surface area contributed by atoms with Crippen molar-refractivity contribution in [1.82, 2.24) is 10.2 Å². The second-order valence-corrected chi connectivity index (χ2v) is 7.91. The van der Waals surface area contributed by atoms with Gasteiger partial charge >= 0.3 is 11.8 Å². The monoisotopic (exact) mass is 443 g/mol. The van der Waals surface area contributed by atoms with Gasteiger partial charge in [-0.25, -0.2) is 0 Å². The summed E-state index contributed by atoms with van der Waals surface area (Å²) in [7, 11) is 0. The maximum absolute atomic E-state index is 12.3. The molecule has 1 heterocycles. The van der Waals surface area contributed by atoms with Crippen molar-refractivity contribution < 1.29 is 19.1 Å². The SMILES string of the molecule is Cc1c(Cl)cccc1NC(=O)C(=O)NCC1CCN(C(=O)COc2ccccc2)CC1. The zero-order chi connectivity index (χ0) is 22.2. The third-order valence-electron chi connectivity index (χ3n) is 5.35. The molecule has 164 valence electrons. The van der Waals surface area contributed by atoms with E-state index < -0.39 is 11.8 Å². The maximum atomic E-state index is 12.3. The lowest BCUT2D eigenvalue weighted by Gasteiger charge is -2.32. The van der Waals surface area contributed by atoms with E-state index in [0.717, 1.165) is 12.8 Å². The van der Waals surface area contributed by atoms with E-state index in [2.05, 4.69) is 10.6 Å². The highest BCUT2D eigenvalue weighted by molar-refractivity contribution is 6.40. The Morgan fingerprint density at radius 2 is 1.74 bits per heavy atom. The van der Waals surface area contributed by atoms with Gasteiger partial charge in [-0.1, -0.05) is 35.9 Å². The molecular weight excluding hydrogens is 418 g/mol. The molecule has 8 heteroatoms. The lowest BCUT2D eigenvalue weighted by Crippen LogP contribution is -2.44. The number of hydrogen-bond donors (Lipinski definition) is 2. The zero-order valence-corrected chi connectivity index (χ0v) is 18.2. The van der Waals surface area contributed by atoms with Crippen molar-refractivity contribution in [2.45, 2.75) is 19.8 Å². The number of carbonyl (C=O) groups excluding carboxylic acids is 3. The van der Waals surface area contributed by atoms with Gasteiger partial charge in [0.05, 0.1) is 0 Å². The highest BCUT2D eigenvalue weighted by atomic mass is 35.5. The van der Waals surface area contributed by atoms with Crippen molar-refractivity contribution in [3.63, 3.8) is 0 Å². The Labute approximate surface area is 186 Å². The summed E-state index contributed by atoms with van der Waals surface area (Å²) in [6, 6.07) is 14.4. The molecule has 0 radical (unpaired) electrons. The topological polar surface area (TPSA) is 87.7 Å². The van der Waals surface area contributed by atoms with Crippen molar-refractivity contribution in [1.29, 1.82) is 0 Å². The Bertz CT molecular complexity index is 928. The first-order valence-electron chi connectivity index (χ1n) is 10.2. The van der Waals surface area contributed by atoms with E-state index in [1.165, 1.54) is 0 Å². The minimum Gasteiger partial charge on any atom is -0.484 e. The summed E-state index contributed by atoms with van der Waals surface area (Å²) < 4.78 is 5.52. The fraction of sp³-hybridized carbons (Fsp3) is 0.348. The molecule has 2 aromatic rings. The summed E-state index contributed by atoms with van der Waals surface area (Å²) in [5, 5.41) is 5.79. The molecule has 1 aliphatic heterocycles. The lowest BCUT2D eigenvalue weighted by atomic mass is 9.96. The molecule has 0 atom stereocenters. The van der Waals surface area contributed by atoms with Crippen molar-refractivity contribution >= 4 is 35.0 Å². The van der Waals surface area contributed by atoms with Crippen LogP contribution in [0.5, 0.6) is 5.75 Å². The first-order chi connectivity index (χ1) is 14.9. The molecule has 0 saturated carbocycles. The third kappa shape index (κ3) is 6.46. The van der Waals surface area contributed by atoms with Crippen LogP contribution in [0.3, 0.4) is 0 Å². The number of halogens is 1. The van der Waals surface area contributed by atoms with Crippen LogP contribution in [0.4, 0.5) is 5.69 Å². The van der Waals surface area contributed by atoms with Gasteiger partial charge in [0.1, 0.15) is 5.75 Å². The summed E-state index contributed by atoms with van der Waals surface area (Å²) in [6.45, 7) is 3.38. The van der Waals surface area contributed by atoms with Crippen LogP contribution in [0.2, 0.25) is 5.02 Å². The van der Waals surface area contributed by atoms with E-state index in [9.17, 15) is 14.4 Å². The van der Waals surface area contributed by atoms with Gasteiger partial charge in [0, 0.05) is 30.3 Å². The minimum atomic E-state index is -0.726. The number of benzene rings is 2. The molecule has 3 amide bonds. The standard InChI is InChI=1S/C23H26ClN3O4/c1-16-19(24)8-5-9-20(16)26-23(30)22(29)25-14-17-10-12-27(13-11-17)21(28)15-31-18-6-3-2-4-7-18/h2-9,17H,10-15H2,1H3,(H,25,29)(H,26,30). The fourth-order valence-electron chi connectivity index (χ4n) is 3.38. The first kappa shape index (κ1) is 22.6. The Balaban J connectivity index is 1.37. The summed E-state index contributed by atoms with van der Waals surface area (Å²) >= 11 is 6.04. The smallest absolute Gasteiger partial charge is 0.313 e. The van der Waals surface area contributed by atoms with E-state index in [4.69, 9.17) is 16.3 Å². The number of para-hydroxylation sites is 1. The van der Waals surface area contributed by atoms with Gasteiger partial charge in [0.2, 0.25) is 0 Å². The number of nitrogens with one attached hydrogen (secondary N) is 2. The molecule has 0 aromatic heterocycles. The Kier molecular flexibility index (Phi) is 7.89. The molecular formula is C23H26ClN3O4. The quantitative estimate of drug-likeness (QED) is 0.672. The summed E-state index contributed by atoms with van der Waals surface area (Å²) in [4.78, 5) is 38.4. The summed E-state index contributed by atoms with van der Waals surface area (Å²) in [5.74, 6) is -0.587. The number of nitrogens with zero attached hydrogens (tertiary/aromatic N) is 1. The second kappa shape index (κ2) is 10.8. The van der Waals surface area contributed by atoms with E-state index in [0.29, 0.717) is 41.7 Å². The Hall–Kier alpha value is -3.06. The molecule has 1 fully saturated rings. The fourth-order valence-corrected chi connectivity index (χ4v) is 3.55. The van der Waals surface area contributed by atoms with Crippen LogP contribution in [0.15, 0.2) is 48.5 Å². The van der Waals surface area contributed by atoms with Gasteiger partial charge in [-0.05, 0) is 55.5 Å². The molecule has 1 aliphatic rings. The van der Waals surface area contributed by atoms with Crippen LogP contribution in [0.1, 0.15) is 18.4 Å². The number of carbonyl (C=O) groups is 3. The molecule has 2 aromatic carbocycles. The average Bonchev–Trinajstić information content (AvgIpc) is 2.79. The number of anilines is 1. The molecule has 31 heavy (non-hydrogen) atoms. The van der Waals surface area contributed by atoms with E-state index in [-0.39, 0.29) is 18.4 Å². The predicted molar refractivity (Wildman–Crippen MR) is 119 cm³/mol. The number of likely N-dealkylation sites (tertiary alicyclic amines) is 1. The molecule has 0 unspecified atom stereocenters. The number of amides is 3. The second-order valence-electron chi connectivity index (χ2n) is 7.50. The minimum absolute atomic E-state index is 0.00844. The zero-order valence-electron chi connectivity index (χ0n) is 17.4. The van der Waals surface area contributed by atoms with Crippen LogP contribution in [-0.2, 0) is 14.4 Å². The Morgan fingerprint density at radius 1 is 1.03 bits per heavy atom. The molecule has 0 bridgehead atoms. The summed E-state index contributed by atoms with van der Waals surface area (Å²) in [6.07, 6.45) is 1.51. The van der Waals surface area contributed by atoms with Crippen LogP contribution in [-0.4, -0.2) is 48.9 Å². The molecule has 0 spiro atoms. The molecule has 7 nitrogen and oxygen atoms in total. The van der Waals surface area contributed by atoms with Crippen molar-refractivity contribution in [3.8, 4) is 5.75 Å². The van der Waals surface area contributed by atoms with Crippen LogP contribution in [0, 0.1) is 12.8 Å². The Morgan fingerprint density at radius 3 is 2.45 bits per heavy atom. The van der Waals surface area contributed by atoms with Gasteiger partial charge in [-0.15, -0.1) is 0 Å². The number of rotatable bonds is 6. The van der Waals surface area contributed by atoms with Gasteiger partial charge in [-0.2, -0.15) is 0 Å². The van der Waals surface area contributed by atoms with E-state index >= 15 is 0 Å². The van der Waals surface area contributed by atoms with Crippen molar-refractivity contribution in [3.05, 3.63) is 59.1 Å². The van der Waals surface area contributed by atoms with Gasteiger partial charge in [0.15, 0.2) is 6.61 Å². The number of piperidine rings is 1. The van der Waals surface area contributed by atoms with Crippen LogP contribution < -0.4 is 15.4 Å². The first-order valence-corrected chi connectivity index (χ1v) is 10.6. The average molecular weight is 444 g/mol. The number of hydrogen-bond acceptors (Lipinski definition) is 4.